The highest BCUT2D eigenvalue weighted by Crippen LogP contribution is 2.25. The third-order valence-corrected chi connectivity index (χ3v) is 5.70. The quantitative estimate of drug-likeness (QED) is 0.728. The first-order valence-corrected chi connectivity index (χ1v) is 10.2. The fraction of sp³-hybridized carbons (Fsp3) is 0.278. The van der Waals surface area contributed by atoms with Gasteiger partial charge in [-0.25, -0.2) is 8.42 Å². The van der Waals surface area contributed by atoms with Crippen LogP contribution in [0.2, 0.25) is 10.0 Å². The number of rotatable bonds is 7. The molecular weight excluding hydrogens is 395 g/mol. The highest BCUT2D eigenvalue weighted by atomic mass is 35.5. The highest BCUT2D eigenvalue weighted by Gasteiger charge is 2.28. The second kappa shape index (κ2) is 8.86. The number of hydrogen-bond acceptors (Lipinski definition) is 3. The maximum atomic E-state index is 12.8. The summed E-state index contributed by atoms with van der Waals surface area (Å²) in [6.07, 6.45) is 0.205. The number of nitrogens with one attached hydrogen (secondary N) is 2. The molecule has 140 valence electrons. The Morgan fingerprint density at radius 1 is 1.08 bits per heavy atom. The van der Waals surface area contributed by atoms with Crippen molar-refractivity contribution in [2.45, 2.75) is 37.2 Å². The second-order valence-electron chi connectivity index (χ2n) is 6.10. The molecule has 2 aromatic rings. The van der Waals surface area contributed by atoms with Gasteiger partial charge in [-0.3, -0.25) is 4.79 Å². The molecule has 5 nitrogen and oxygen atoms in total. The molecule has 0 aliphatic rings. The van der Waals surface area contributed by atoms with Gasteiger partial charge < -0.3 is 5.32 Å². The number of benzene rings is 2. The maximum Gasteiger partial charge on any atom is 0.242 e. The zero-order valence-corrected chi connectivity index (χ0v) is 16.7. The SMILES string of the molecule is CC(C)NC(=O)[C@H](Cc1ccccc1)NS(=O)(=O)c1cc(Cl)ccc1Cl. The Labute approximate surface area is 163 Å². The summed E-state index contributed by atoms with van der Waals surface area (Å²) < 4.78 is 28.0. The summed E-state index contributed by atoms with van der Waals surface area (Å²) >= 11 is 11.9. The Bertz CT molecular complexity index is 871. The molecular formula is C18H20Cl2N2O3S. The molecule has 0 fully saturated rings. The average molecular weight is 415 g/mol. The normalized spacial score (nSPS) is 12.8. The van der Waals surface area contributed by atoms with Crippen LogP contribution in [-0.2, 0) is 21.2 Å². The first-order chi connectivity index (χ1) is 12.2. The third kappa shape index (κ3) is 5.71. The van der Waals surface area contributed by atoms with Crippen molar-refractivity contribution in [2.24, 2.45) is 0 Å². The van der Waals surface area contributed by atoms with Crippen molar-refractivity contribution in [2.75, 3.05) is 0 Å². The molecule has 0 saturated heterocycles. The number of hydrogen-bond donors (Lipinski definition) is 2. The van der Waals surface area contributed by atoms with E-state index >= 15 is 0 Å². The van der Waals surface area contributed by atoms with Crippen molar-refractivity contribution in [1.29, 1.82) is 0 Å². The number of halogens is 2. The van der Waals surface area contributed by atoms with E-state index in [0.717, 1.165) is 5.56 Å². The largest absolute Gasteiger partial charge is 0.353 e. The molecule has 0 aliphatic carbocycles. The van der Waals surface area contributed by atoms with Crippen LogP contribution in [-0.4, -0.2) is 26.4 Å². The van der Waals surface area contributed by atoms with Crippen molar-refractivity contribution in [3.63, 3.8) is 0 Å². The summed E-state index contributed by atoms with van der Waals surface area (Å²) in [5.41, 5.74) is 0.830. The van der Waals surface area contributed by atoms with Crippen LogP contribution in [0, 0.1) is 0 Å². The Kier molecular flexibility index (Phi) is 7.06. The van der Waals surface area contributed by atoms with E-state index in [9.17, 15) is 13.2 Å². The summed E-state index contributed by atoms with van der Waals surface area (Å²) in [4.78, 5) is 12.4. The smallest absolute Gasteiger partial charge is 0.242 e. The predicted octanol–water partition coefficient (Wildman–Crippen LogP) is 3.41. The van der Waals surface area contributed by atoms with Crippen LogP contribution in [0.5, 0.6) is 0 Å². The van der Waals surface area contributed by atoms with Crippen LogP contribution in [0.4, 0.5) is 0 Å². The molecule has 0 heterocycles. The predicted molar refractivity (Wildman–Crippen MR) is 104 cm³/mol. The molecule has 0 aromatic heterocycles. The summed E-state index contributed by atoms with van der Waals surface area (Å²) in [5, 5.41) is 3.01. The summed E-state index contributed by atoms with van der Waals surface area (Å²) in [7, 11) is -4.04. The molecule has 0 radical (unpaired) electrons. The second-order valence-corrected chi connectivity index (χ2v) is 8.63. The molecule has 8 heteroatoms. The topological polar surface area (TPSA) is 75.3 Å². The molecule has 1 atom stereocenters. The first kappa shape index (κ1) is 20.7. The van der Waals surface area contributed by atoms with Crippen molar-refractivity contribution >= 4 is 39.1 Å². The molecule has 0 aliphatic heterocycles. The van der Waals surface area contributed by atoms with Crippen molar-refractivity contribution in [3.05, 3.63) is 64.1 Å². The van der Waals surface area contributed by atoms with Crippen LogP contribution >= 0.6 is 23.2 Å². The summed E-state index contributed by atoms with van der Waals surface area (Å²) in [5.74, 6) is -0.412. The van der Waals surface area contributed by atoms with Gasteiger partial charge in [0.1, 0.15) is 10.9 Å². The highest BCUT2D eigenvalue weighted by molar-refractivity contribution is 7.89. The van der Waals surface area contributed by atoms with Gasteiger partial charge in [-0.05, 0) is 44.0 Å². The molecule has 2 N–H and O–H groups in total. The fourth-order valence-electron chi connectivity index (χ4n) is 2.36. The monoisotopic (exact) mass is 414 g/mol. The van der Waals surface area contributed by atoms with E-state index in [0.29, 0.717) is 0 Å². The zero-order valence-electron chi connectivity index (χ0n) is 14.4. The Hall–Kier alpha value is -1.60. The lowest BCUT2D eigenvalue weighted by Crippen LogP contribution is -2.49. The van der Waals surface area contributed by atoms with E-state index in [2.05, 4.69) is 10.0 Å². The van der Waals surface area contributed by atoms with Gasteiger partial charge in [-0.1, -0.05) is 53.5 Å². The van der Waals surface area contributed by atoms with Gasteiger partial charge in [-0.2, -0.15) is 4.72 Å². The molecule has 2 aromatic carbocycles. The standard InChI is InChI=1S/C18H20Cl2N2O3S/c1-12(2)21-18(23)16(10-13-6-4-3-5-7-13)22-26(24,25)17-11-14(19)8-9-15(17)20/h3-9,11-12,16,22H,10H2,1-2H3,(H,21,23)/t16-/m0/s1. The van der Waals surface area contributed by atoms with Gasteiger partial charge in [0.15, 0.2) is 0 Å². The van der Waals surface area contributed by atoms with E-state index in [-0.39, 0.29) is 27.4 Å². The summed E-state index contributed by atoms with van der Waals surface area (Å²) in [6, 6.07) is 12.2. The van der Waals surface area contributed by atoms with Gasteiger partial charge >= 0.3 is 0 Å². The van der Waals surface area contributed by atoms with Gasteiger partial charge in [0.05, 0.1) is 5.02 Å². The number of carbonyl (C=O) groups excluding carboxylic acids is 1. The lowest BCUT2D eigenvalue weighted by Gasteiger charge is -2.20. The van der Waals surface area contributed by atoms with Crippen molar-refractivity contribution in [3.8, 4) is 0 Å². The molecule has 26 heavy (non-hydrogen) atoms. The van der Waals surface area contributed by atoms with Crippen molar-refractivity contribution < 1.29 is 13.2 Å². The van der Waals surface area contributed by atoms with E-state index in [4.69, 9.17) is 23.2 Å². The van der Waals surface area contributed by atoms with Crippen LogP contribution in [0.3, 0.4) is 0 Å². The average Bonchev–Trinajstić information content (AvgIpc) is 2.56. The minimum atomic E-state index is -4.04. The molecule has 1 amide bonds. The minimum Gasteiger partial charge on any atom is -0.353 e. The molecule has 0 unspecified atom stereocenters. The van der Waals surface area contributed by atoms with Gasteiger partial charge in [0.25, 0.3) is 0 Å². The lowest BCUT2D eigenvalue weighted by molar-refractivity contribution is -0.123. The lowest BCUT2D eigenvalue weighted by atomic mass is 10.1. The number of sulfonamides is 1. The molecule has 0 bridgehead atoms. The summed E-state index contributed by atoms with van der Waals surface area (Å²) in [6.45, 7) is 3.61. The van der Waals surface area contributed by atoms with Crippen LogP contribution in [0.25, 0.3) is 0 Å². The van der Waals surface area contributed by atoms with E-state index in [1.165, 1.54) is 18.2 Å². The number of carbonyl (C=O) groups is 1. The minimum absolute atomic E-state index is 0.0321. The molecule has 0 saturated carbocycles. The Morgan fingerprint density at radius 3 is 2.35 bits per heavy atom. The van der Waals surface area contributed by atoms with Crippen LogP contribution < -0.4 is 10.0 Å². The van der Waals surface area contributed by atoms with Crippen LogP contribution in [0.1, 0.15) is 19.4 Å². The first-order valence-electron chi connectivity index (χ1n) is 8.00. The number of amides is 1. The van der Waals surface area contributed by atoms with Crippen molar-refractivity contribution in [1.82, 2.24) is 10.0 Å². The Balaban J connectivity index is 2.32. The maximum absolute atomic E-state index is 12.8. The Morgan fingerprint density at radius 2 is 1.73 bits per heavy atom. The third-order valence-electron chi connectivity index (χ3n) is 3.51. The van der Waals surface area contributed by atoms with E-state index in [1.807, 2.05) is 30.3 Å². The van der Waals surface area contributed by atoms with E-state index in [1.54, 1.807) is 13.8 Å². The fourth-order valence-corrected chi connectivity index (χ4v) is 4.31. The molecule has 0 spiro atoms. The van der Waals surface area contributed by atoms with E-state index < -0.39 is 22.0 Å². The molecule has 2 rings (SSSR count). The van der Waals surface area contributed by atoms with Crippen LogP contribution in [0.15, 0.2) is 53.4 Å². The van der Waals surface area contributed by atoms with Gasteiger partial charge in [-0.15, -0.1) is 0 Å². The van der Waals surface area contributed by atoms with Gasteiger partial charge in [0.2, 0.25) is 15.9 Å². The van der Waals surface area contributed by atoms with Gasteiger partial charge in [0, 0.05) is 11.1 Å². The zero-order chi connectivity index (χ0) is 19.3.